The molecule has 32 heavy (non-hydrogen) atoms. The van der Waals surface area contributed by atoms with E-state index >= 15 is 0 Å². The number of thioether (sulfide) groups is 1. The van der Waals surface area contributed by atoms with E-state index in [0.29, 0.717) is 18.7 Å². The molecule has 0 spiro atoms. The van der Waals surface area contributed by atoms with Crippen molar-refractivity contribution in [2.24, 2.45) is 0 Å². The van der Waals surface area contributed by atoms with Crippen LogP contribution in [0.5, 0.6) is 0 Å². The van der Waals surface area contributed by atoms with Crippen molar-refractivity contribution in [2.75, 3.05) is 12.3 Å². The molecule has 1 amide bonds. The number of nitriles is 1. The number of rotatable bonds is 4. The number of alkyl halides is 3. The third-order valence-corrected chi connectivity index (χ3v) is 6.25. The molecule has 0 atom stereocenters. The van der Waals surface area contributed by atoms with Crippen molar-refractivity contribution in [3.05, 3.63) is 82.9 Å². The lowest BCUT2D eigenvalue weighted by atomic mass is 10.00. The fraction of sp³-hybridized carbons (Fsp3) is 0.208. The highest BCUT2D eigenvalue weighted by Crippen LogP contribution is 2.38. The van der Waals surface area contributed by atoms with Gasteiger partial charge in [0.1, 0.15) is 11.1 Å². The summed E-state index contributed by atoms with van der Waals surface area (Å²) in [6.45, 7) is 1.01. The van der Waals surface area contributed by atoms with Gasteiger partial charge < -0.3 is 4.90 Å². The van der Waals surface area contributed by atoms with Crippen LogP contribution in [0.4, 0.5) is 13.2 Å². The Labute approximate surface area is 187 Å². The maximum atomic E-state index is 13.7. The highest BCUT2D eigenvalue weighted by atomic mass is 32.2. The fourth-order valence-electron chi connectivity index (χ4n) is 3.64. The minimum absolute atomic E-state index is 0.0908. The van der Waals surface area contributed by atoms with Crippen LogP contribution in [0.15, 0.2) is 65.7 Å². The normalized spacial score (nSPS) is 13.4. The van der Waals surface area contributed by atoms with E-state index in [0.717, 1.165) is 29.8 Å². The topological polar surface area (TPSA) is 57.0 Å². The number of hydrogen-bond donors (Lipinski definition) is 0. The zero-order valence-corrected chi connectivity index (χ0v) is 17.7. The van der Waals surface area contributed by atoms with Crippen LogP contribution < -0.4 is 0 Å². The van der Waals surface area contributed by atoms with Crippen molar-refractivity contribution in [3.63, 3.8) is 0 Å². The molecule has 2 aromatic carbocycles. The van der Waals surface area contributed by atoms with Crippen LogP contribution in [0.1, 0.15) is 22.3 Å². The van der Waals surface area contributed by atoms with E-state index in [1.54, 1.807) is 41.3 Å². The number of amides is 1. The molecule has 0 saturated heterocycles. The molecule has 0 radical (unpaired) electrons. The summed E-state index contributed by atoms with van der Waals surface area (Å²) in [6.07, 6.45) is -3.98. The summed E-state index contributed by atoms with van der Waals surface area (Å²) in [4.78, 5) is 18.8. The van der Waals surface area contributed by atoms with Crippen molar-refractivity contribution in [1.29, 1.82) is 5.26 Å². The molecule has 0 saturated carbocycles. The Morgan fingerprint density at radius 3 is 2.47 bits per heavy atom. The van der Waals surface area contributed by atoms with Crippen molar-refractivity contribution in [2.45, 2.75) is 24.2 Å². The monoisotopic (exact) mass is 453 g/mol. The lowest BCUT2D eigenvalue weighted by Gasteiger charge is -2.28. The van der Waals surface area contributed by atoms with E-state index in [1.165, 1.54) is 5.56 Å². The van der Waals surface area contributed by atoms with E-state index in [1.807, 2.05) is 24.3 Å². The van der Waals surface area contributed by atoms with Crippen LogP contribution in [-0.2, 0) is 23.9 Å². The van der Waals surface area contributed by atoms with Gasteiger partial charge in [-0.2, -0.15) is 18.4 Å². The maximum absolute atomic E-state index is 13.7. The Kier molecular flexibility index (Phi) is 6.19. The average Bonchev–Trinajstić information content (AvgIpc) is 2.81. The third-order valence-electron chi connectivity index (χ3n) is 5.29. The lowest BCUT2D eigenvalue weighted by Crippen LogP contribution is -2.37. The Hall–Kier alpha value is -3.31. The van der Waals surface area contributed by atoms with Gasteiger partial charge in [0.25, 0.3) is 0 Å². The number of pyridine rings is 1. The number of fused-ring (bicyclic) bond motifs is 1. The highest BCUT2D eigenvalue weighted by Gasteiger charge is 2.36. The van der Waals surface area contributed by atoms with E-state index in [2.05, 4.69) is 4.98 Å². The summed E-state index contributed by atoms with van der Waals surface area (Å²) < 4.78 is 41.0. The Bertz CT molecular complexity index is 1190. The number of aromatic nitrogens is 1. The molecule has 0 bridgehead atoms. The largest absolute Gasteiger partial charge is 0.417 e. The number of hydrogen-bond acceptors (Lipinski definition) is 4. The summed E-state index contributed by atoms with van der Waals surface area (Å²) >= 11 is 0.869. The number of benzene rings is 2. The SMILES string of the molecule is N#Cc1c(C(F)(F)F)cc(-c2ccccc2)nc1SCC(=O)N1CCc2ccccc2C1. The van der Waals surface area contributed by atoms with Crippen LogP contribution in [0, 0.1) is 11.3 Å². The van der Waals surface area contributed by atoms with E-state index in [-0.39, 0.29) is 22.4 Å². The van der Waals surface area contributed by atoms with Crippen LogP contribution in [0.3, 0.4) is 0 Å². The molecule has 4 nitrogen and oxygen atoms in total. The van der Waals surface area contributed by atoms with Crippen molar-refractivity contribution >= 4 is 17.7 Å². The Morgan fingerprint density at radius 1 is 1.09 bits per heavy atom. The number of nitrogens with zero attached hydrogens (tertiary/aromatic N) is 3. The van der Waals surface area contributed by atoms with Gasteiger partial charge >= 0.3 is 6.18 Å². The molecule has 1 aliphatic heterocycles. The standard InChI is InChI=1S/C24H18F3N3OS/c25-24(26,27)20-12-21(17-7-2-1-3-8-17)29-23(19(20)13-28)32-15-22(31)30-11-10-16-6-4-5-9-18(16)14-30/h1-9,12H,10-11,14-15H2. The molecular formula is C24H18F3N3OS. The molecule has 0 N–H and O–H groups in total. The summed E-state index contributed by atoms with van der Waals surface area (Å²) in [5, 5.41) is 9.36. The maximum Gasteiger partial charge on any atom is 0.417 e. The second kappa shape index (κ2) is 9.05. The molecule has 1 aromatic heterocycles. The zero-order valence-electron chi connectivity index (χ0n) is 16.9. The van der Waals surface area contributed by atoms with E-state index in [4.69, 9.17) is 0 Å². The van der Waals surface area contributed by atoms with Gasteiger partial charge in [-0.05, 0) is 23.6 Å². The van der Waals surface area contributed by atoms with Gasteiger partial charge in [0, 0.05) is 18.7 Å². The Morgan fingerprint density at radius 2 is 1.78 bits per heavy atom. The van der Waals surface area contributed by atoms with Gasteiger partial charge in [0.05, 0.1) is 22.6 Å². The molecule has 8 heteroatoms. The first-order chi connectivity index (χ1) is 15.4. The van der Waals surface area contributed by atoms with Crippen LogP contribution in [0.25, 0.3) is 11.3 Å². The van der Waals surface area contributed by atoms with E-state index in [9.17, 15) is 23.2 Å². The fourth-order valence-corrected chi connectivity index (χ4v) is 4.55. The zero-order chi connectivity index (χ0) is 22.7. The molecular weight excluding hydrogens is 435 g/mol. The first kappa shape index (κ1) is 21.9. The molecule has 0 aliphatic carbocycles. The molecule has 3 aromatic rings. The summed E-state index contributed by atoms with van der Waals surface area (Å²) in [5.41, 5.74) is 1.28. The van der Waals surface area contributed by atoms with Gasteiger partial charge in [-0.1, -0.05) is 66.4 Å². The van der Waals surface area contributed by atoms with E-state index < -0.39 is 17.3 Å². The lowest BCUT2D eigenvalue weighted by molar-refractivity contribution is -0.138. The highest BCUT2D eigenvalue weighted by molar-refractivity contribution is 8.00. The summed E-state index contributed by atoms with van der Waals surface area (Å²) in [5.74, 6) is -0.298. The van der Waals surface area contributed by atoms with Crippen molar-refractivity contribution < 1.29 is 18.0 Å². The van der Waals surface area contributed by atoms with Gasteiger partial charge in [0.2, 0.25) is 5.91 Å². The predicted molar refractivity (Wildman–Crippen MR) is 116 cm³/mol. The molecule has 1 aliphatic rings. The smallest absolute Gasteiger partial charge is 0.337 e. The minimum atomic E-state index is -4.71. The quantitative estimate of drug-likeness (QED) is 0.502. The van der Waals surface area contributed by atoms with Gasteiger partial charge in [-0.15, -0.1) is 0 Å². The second-order valence-corrected chi connectivity index (χ2v) is 8.30. The minimum Gasteiger partial charge on any atom is -0.337 e. The second-order valence-electron chi connectivity index (χ2n) is 7.33. The Balaban J connectivity index is 1.60. The molecule has 0 unspecified atom stereocenters. The van der Waals surface area contributed by atoms with Crippen LogP contribution in [0.2, 0.25) is 0 Å². The molecule has 4 rings (SSSR count). The van der Waals surface area contributed by atoms with Gasteiger partial charge in [0.15, 0.2) is 0 Å². The van der Waals surface area contributed by atoms with Gasteiger partial charge in [-0.3, -0.25) is 4.79 Å². The van der Waals surface area contributed by atoms with Gasteiger partial charge in [-0.25, -0.2) is 4.98 Å². The summed E-state index contributed by atoms with van der Waals surface area (Å²) in [6, 6.07) is 18.9. The predicted octanol–water partition coefficient (Wildman–Crippen LogP) is 5.32. The first-order valence-corrected chi connectivity index (χ1v) is 10.9. The molecule has 0 fully saturated rings. The number of carbonyl (C=O) groups excluding carboxylic acids is 1. The van der Waals surface area contributed by atoms with Crippen LogP contribution in [-0.4, -0.2) is 28.1 Å². The van der Waals surface area contributed by atoms with Crippen molar-refractivity contribution in [3.8, 4) is 17.3 Å². The molecule has 162 valence electrons. The number of halogens is 3. The summed E-state index contributed by atoms with van der Waals surface area (Å²) in [7, 11) is 0. The van der Waals surface area contributed by atoms with Crippen LogP contribution >= 0.6 is 11.8 Å². The van der Waals surface area contributed by atoms with Crippen molar-refractivity contribution in [1.82, 2.24) is 9.88 Å². The first-order valence-electron chi connectivity index (χ1n) is 9.92. The average molecular weight is 453 g/mol. The molecule has 2 heterocycles. The third kappa shape index (κ3) is 4.63. The number of carbonyl (C=O) groups is 1.